The Morgan fingerprint density at radius 2 is 1.73 bits per heavy atom. The van der Waals surface area contributed by atoms with Crippen molar-refractivity contribution in [3.8, 4) is 0 Å². The molecule has 1 atom stereocenters. The second kappa shape index (κ2) is 5.92. The molecule has 0 saturated carbocycles. The summed E-state index contributed by atoms with van der Waals surface area (Å²) in [7, 11) is 0. The van der Waals surface area contributed by atoms with E-state index in [1.54, 1.807) is 0 Å². The van der Waals surface area contributed by atoms with Crippen LogP contribution >= 0.6 is 11.8 Å². The fraction of sp³-hybridized carbons (Fsp3) is 0.350. The summed E-state index contributed by atoms with van der Waals surface area (Å²) in [5.41, 5.74) is 4.16. The molecule has 1 aliphatic heterocycles. The van der Waals surface area contributed by atoms with E-state index in [1.165, 1.54) is 16.7 Å². The van der Waals surface area contributed by atoms with Crippen molar-refractivity contribution in [1.82, 2.24) is 0 Å². The second-order valence-electron chi connectivity index (χ2n) is 6.32. The van der Waals surface area contributed by atoms with Gasteiger partial charge in [0.25, 0.3) is 0 Å². The predicted octanol–water partition coefficient (Wildman–Crippen LogP) is 5.33. The Morgan fingerprint density at radius 3 is 2.41 bits per heavy atom. The van der Waals surface area contributed by atoms with Gasteiger partial charge < -0.3 is 0 Å². The number of aryl methyl sites for hydroxylation is 2. The summed E-state index contributed by atoms with van der Waals surface area (Å²) in [5, 5.41) is 0. The van der Waals surface area contributed by atoms with Gasteiger partial charge in [-0.15, -0.1) is 11.8 Å². The molecular formula is C20H22OS. The first-order valence-corrected chi connectivity index (χ1v) is 8.91. The van der Waals surface area contributed by atoms with E-state index in [2.05, 4.69) is 57.2 Å². The van der Waals surface area contributed by atoms with Crippen LogP contribution in [0.2, 0.25) is 0 Å². The normalized spacial score (nSPS) is 20.8. The average Bonchev–Trinajstić information content (AvgIpc) is 2.51. The number of carbonyl (C=O) groups is 1. The third kappa shape index (κ3) is 2.50. The lowest BCUT2D eigenvalue weighted by Crippen LogP contribution is -2.41. The van der Waals surface area contributed by atoms with Gasteiger partial charge in [0.15, 0.2) is 5.78 Å². The summed E-state index contributed by atoms with van der Waals surface area (Å²) in [6.07, 6.45) is 1.93. The van der Waals surface area contributed by atoms with Gasteiger partial charge >= 0.3 is 0 Å². The van der Waals surface area contributed by atoms with Crippen LogP contribution in [-0.2, 0) is 5.41 Å². The maximum atomic E-state index is 13.3. The highest BCUT2D eigenvalue weighted by Gasteiger charge is 2.43. The minimum Gasteiger partial charge on any atom is -0.293 e. The van der Waals surface area contributed by atoms with Crippen LogP contribution in [0.1, 0.15) is 46.8 Å². The van der Waals surface area contributed by atoms with Crippen LogP contribution in [0.5, 0.6) is 0 Å². The summed E-state index contributed by atoms with van der Waals surface area (Å²) >= 11 is 1.83. The number of hydrogen-bond donors (Lipinski definition) is 0. The van der Waals surface area contributed by atoms with Crippen LogP contribution in [0.4, 0.5) is 0 Å². The van der Waals surface area contributed by atoms with Crippen LogP contribution in [0.25, 0.3) is 0 Å². The molecule has 0 N–H and O–H groups in total. The Hall–Kier alpha value is -1.54. The van der Waals surface area contributed by atoms with Crippen LogP contribution in [0, 0.1) is 13.8 Å². The van der Waals surface area contributed by atoms with Crippen LogP contribution in [-0.4, -0.2) is 11.5 Å². The zero-order valence-electron chi connectivity index (χ0n) is 13.5. The SMILES string of the molecule is CCCC1(c2ccc(C)cc2)CSc2cc(C)ccc2C1=O. The van der Waals surface area contributed by atoms with E-state index in [9.17, 15) is 4.79 Å². The Kier molecular flexibility index (Phi) is 4.14. The highest BCUT2D eigenvalue weighted by atomic mass is 32.2. The van der Waals surface area contributed by atoms with Crippen molar-refractivity contribution in [3.63, 3.8) is 0 Å². The molecule has 3 rings (SSSR count). The summed E-state index contributed by atoms with van der Waals surface area (Å²) in [4.78, 5) is 14.5. The monoisotopic (exact) mass is 310 g/mol. The molecule has 0 bridgehead atoms. The van der Waals surface area contributed by atoms with E-state index in [1.807, 2.05) is 17.8 Å². The largest absolute Gasteiger partial charge is 0.293 e. The van der Waals surface area contributed by atoms with Crippen molar-refractivity contribution < 1.29 is 4.79 Å². The van der Waals surface area contributed by atoms with Crippen molar-refractivity contribution in [2.75, 3.05) is 5.75 Å². The molecule has 2 aromatic rings. The van der Waals surface area contributed by atoms with Gasteiger partial charge in [-0.3, -0.25) is 4.79 Å². The summed E-state index contributed by atoms with van der Waals surface area (Å²) in [5.74, 6) is 1.14. The number of thioether (sulfide) groups is 1. The Bertz CT molecular complexity index is 702. The lowest BCUT2D eigenvalue weighted by Gasteiger charge is -2.37. The first kappa shape index (κ1) is 15.4. The van der Waals surface area contributed by atoms with Gasteiger partial charge in [-0.2, -0.15) is 0 Å². The number of Topliss-reactive ketones (excluding diaryl/α,β-unsaturated/α-hetero) is 1. The lowest BCUT2D eigenvalue weighted by molar-refractivity contribution is 0.0884. The molecule has 0 fully saturated rings. The highest BCUT2D eigenvalue weighted by Crippen LogP contribution is 2.44. The van der Waals surface area contributed by atoms with Crippen molar-refractivity contribution in [2.45, 2.75) is 43.9 Å². The smallest absolute Gasteiger partial charge is 0.175 e. The molecular weight excluding hydrogens is 288 g/mol. The topological polar surface area (TPSA) is 17.1 Å². The summed E-state index contributed by atoms with van der Waals surface area (Å²) in [6.45, 7) is 6.34. The van der Waals surface area contributed by atoms with E-state index < -0.39 is 0 Å². The number of rotatable bonds is 3. The van der Waals surface area contributed by atoms with Crippen molar-refractivity contribution >= 4 is 17.5 Å². The molecule has 114 valence electrons. The van der Waals surface area contributed by atoms with Crippen LogP contribution in [0.15, 0.2) is 47.4 Å². The Balaban J connectivity index is 2.10. The first-order chi connectivity index (χ1) is 10.6. The third-order valence-electron chi connectivity index (χ3n) is 4.57. The molecule has 0 spiro atoms. The number of fused-ring (bicyclic) bond motifs is 1. The van der Waals surface area contributed by atoms with E-state index in [0.717, 1.165) is 29.1 Å². The molecule has 1 unspecified atom stereocenters. The second-order valence-corrected chi connectivity index (χ2v) is 7.33. The van der Waals surface area contributed by atoms with Crippen molar-refractivity contribution in [1.29, 1.82) is 0 Å². The zero-order chi connectivity index (χ0) is 15.7. The minimum atomic E-state index is -0.366. The van der Waals surface area contributed by atoms with E-state index in [4.69, 9.17) is 0 Å². The molecule has 0 amide bonds. The molecule has 0 aromatic heterocycles. The molecule has 2 aromatic carbocycles. The molecule has 0 radical (unpaired) electrons. The van der Waals surface area contributed by atoms with Crippen LogP contribution in [0.3, 0.4) is 0 Å². The molecule has 2 heteroatoms. The van der Waals surface area contributed by atoms with E-state index >= 15 is 0 Å². The highest BCUT2D eigenvalue weighted by molar-refractivity contribution is 7.99. The fourth-order valence-electron chi connectivity index (χ4n) is 3.30. The molecule has 1 nitrogen and oxygen atoms in total. The van der Waals surface area contributed by atoms with Crippen molar-refractivity contribution in [3.05, 3.63) is 64.7 Å². The fourth-order valence-corrected chi connectivity index (χ4v) is 4.73. The van der Waals surface area contributed by atoms with Gasteiger partial charge in [0, 0.05) is 16.2 Å². The minimum absolute atomic E-state index is 0.298. The molecule has 0 aliphatic carbocycles. The average molecular weight is 310 g/mol. The summed E-state index contributed by atoms with van der Waals surface area (Å²) < 4.78 is 0. The first-order valence-electron chi connectivity index (χ1n) is 7.92. The van der Waals surface area contributed by atoms with E-state index in [0.29, 0.717) is 5.78 Å². The van der Waals surface area contributed by atoms with Gasteiger partial charge in [0.1, 0.15) is 0 Å². The van der Waals surface area contributed by atoms with Gasteiger partial charge in [-0.25, -0.2) is 0 Å². The molecule has 0 saturated heterocycles. The van der Waals surface area contributed by atoms with Crippen molar-refractivity contribution in [2.24, 2.45) is 0 Å². The van der Waals surface area contributed by atoms with Gasteiger partial charge in [-0.1, -0.05) is 49.2 Å². The quantitative estimate of drug-likeness (QED) is 0.762. The van der Waals surface area contributed by atoms with Gasteiger partial charge in [-0.05, 0) is 43.5 Å². The number of carbonyl (C=O) groups excluding carboxylic acids is 1. The third-order valence-corrected chi connectivity index (χ3v) is 5.86. The lowest BCUT2D eigenvalue weighted by atomic mass is 9.72. The Labute approximate surface area is 137 Å². The summed E-state index contributed by atoms with van der Waals surface area (Å²) in [6, 6.07) is 14.7. The van der Waals surface area contributed by atoms with Gasteiger partial charge in [0.05, 0.1) is 5.41 Å². The molecule has 1 aliphatic rings. The Morgan fingerprint density at radius 1 is 1.05 bits per heavy atom. The number of hydrogen-bond acceptors (Lipinski definition) is 2. The molecule has 1 heterocycles. The van der Waals surface area contributed by atoms with Gasteiger partial charge in [0.2, 0.25) is 0 Å². The molecule has 22 heavy (non-hydrogen) atoms. The predicted molar refractivity (Wildman–Crippen MR) is 94.0 cm³/mol. The van der Waals surface area contributed by atoms with E-state index in [-0.39, 0.29) is 5.41 Å². The number of ketones is 1. The zero-order valence-corrected chi connectivity index (χ0v) is 14.3. The van der Waals surface area contributed by atoms with Crippen LogP contribution < -0.4 is 0 Å². The maximum absolute atomic E-state index is 13.3. The maximum Gasteiger partial charge on any atom is 0.175 e. The number of benzene rings is 2. The standard InChI is InChI=1S/C20H22OS/c1-4-11-20(16-8-5-14(2)6-9-16)13-22-18-12-15(3)7-10-17(18)19(20)21/h5-10,12H,4,11,13H2,1-3H3.